The molecule has 3 fully saturated rings. The SMILES string of the molecule is COc1ccc(-c2nc(O[C@@H]3C[C@H]4C(=O)N[C@]5(C(=O)NS(=O)(=O)C6CC6)C[C@H]5C=CCCCCN(C)C(=O)N4C3)c3ccc(OC)c(C)c3n2)cc1. The standard InChI is InChI=1S/C37H44N6O8S/c1-22-30(50-4)17-16-28-31(22)38-32(23-10-12-25(49-3)13-11-23)39-34(28)51-26-19-29-33(44)40-37(35(45)41-52(47,48)27-14-15-27)20-24(37)9-7-5-6-8-18-42(2)36(46)43(29)21-26/h7,9-13,16-17,24,26-27,29H,5-6,8,14-15,18-21H2,1-4H3,(H,40,44)(H,41,45)/t24-,26-,29+,37-/m1/s1. The van der Waals surface area contributed by atoms with Gasteiger partial charge in [-0.2, -0.15) is 4.98 Å². The van der Waals surface area contributed by atoms with E-state index in [1.807, 2.05) is 55.5 Å². The van der Waals surface area contributed by atoms with E-state index in [9.17, 15) is 22.8 Å². The van der Waals surface area contributed by atoms with Gasteiger partial charge in [-0.25, -0.2) is 18.2 Å². The lowest BCUT2D eigenvalue weighted by atomic mass is 10.1. The summed E-state index contributed by atoms with van der Waals surface area (Å²) in [5.74, 6) is 0.351. The van der Waals surface area contributed by atoms with Gasteiger partial charge in [-0.3, -0.25) is 14.3 Å². The number of methoxy groups -OCH3 is 2. The number of nitrogens with one attached hydrogen (secondary N) is 2. The van der Waals surface area contributed by atoms with Crippen molar-refractivity contribution in [3.8, 4) is 28.8 Å². The summed E-state index contributed by atoms with van der Waals surface area (Å²) in [6.07, 6.45) is 6.85. The van der Waals surface area contributed by atoms with Crippen molar-refractivity contribution in [1.29, 1.82) is 0 Å². The fraction of sp³-hybridized carbons (Fsp3) is 0.486. The number of rotatable bonds is 8. The molecule has 0 unspecified atom stereocenters. The zero-order valence-corrected chi connectivity index (χ0v) is 30.6. The van der Waals surface area contributed by atoms with Gasteiger partial charge < -0.3 is 29.3 Å². The molecule has 2 aliphatic heterocycles. The average molecular weight is 733 g/mol. The molecule has 2 aliphatic carbocycles. The van der Waals surface area contributed by atoms with Crippen LogP contribution in [0.1, 0.15) is 50.5 Å². The van der Waals surface area contributed by atoms with Crippen LogP contribution in [0.5, 0.6) is 17.4 Å². The number of amides is 4. The van der Waals surface area contributed by atoms with Gasteiger partial charge in [-0.05, 0) is 81.8 Å². The number of fused-ring (bicyclic) bond motifs is 3. The van der Waals surface area contributed by atoms with Gasteiger partial charge in [0.25, 0.3) is 5.91 Å². The number of carbonyl (C=O) groups is 3. The highest BCUT2D eigenvalue weighted by Crippen LogP contribution is 2.46. The smallest absolute Gasteiger partial charge is 0.320 e. The third-order valence-corrected chi connectivity index (χ3v) is 12.3. The van der Waals surface area contributed by atoms with Crippen molar-refractivity contribution in [2.75, 3.05) is 34.4 Å². The number of urea groups is 1. The molecule has 4 atom stereocenters. The van der Waals surface area contributed by atoms with E-state index in [2.05, 4.69) is 10.0 Å². The maximum Gasteiger partial charge on any atom is 0.320 e. The number of allylic oxidation sites excluding steroid dienone is 1. The molecular formula is C37H44N6O8S. The highest BCUT2D eigenvalue weighted by Gasteiger charge is 2.62. The molecule has 52 heavy (non-hydrogen) atoms. The fourth-order valence-electron chi connectivity index (χ4n) is 7.12. The molecule has 7 rings (SSSR count). The summed E-state index contributed by atoms with van der Waals surface area (Å²) in [6, 6.07) is 9.65. The first-order chi connectivity index (χ1) is 24.9. The van der Waals surface area contributed by atoms with Gasteiger partial charge >= 0.3 is 6.03 Å². The second-order valence-corrected chi connectivity index (χ2v) is 16.0. The van der Waals surface area contributed by atoms with Crippen LogP contribution in [0, 0.1) is 12.8 Å². The number of carbonyl (C=O) groups excluding carboxylic acids is 3. The average Bonchev–Trinajstić information content (AvgIpc) is 4.06. The topological polar surface area (TPSA) is 169 Å². The minimum atomic E-state index is -3.85. The lowest BCUT2D eigenvalue weighted by Crippen LogP contribution is -2.57. The van der Waals surface area contributed by atoms with Gasteiger partial charge in [0.2, 0.25) is 21.8 Å². The lowest BCUT2D eigenvalue weighted by molar-refractivity contribution is -0.131. The van der Waals surface area contributed by atoms with Crippen molar-refractivity contribution in [1.82, 2.24) is 29.8 Å². The minimum absolute atomic E-state index is 0.0817. The Labute approximate surface area is 302 Å². The van der Waals surface area contributed by atoms with E-state index in [0.29, 0.717) is 47.6 Å². The molecule has 2 aromatic carbocycles. The predicted molar refractivity (Wildman–Crippen MR) is 192 cm³/mol. The first kappa shape index (κ1) is 35.5. The predicted octanol–water partition coefficient (Wildman–Crippen LogP) is 3.72. The van der Waals surface area contributed by atoms with Gasteiger partial charge in [-0.1, -0.05) is 12.2 Å². The van der Waals surface area contributed by atoms with E-state index in [-0.39, 0.29) is 37.2 Å². The van der Waals surface area contributed by atoms with Crippen LogP contribution in [0.3, 0.4) is 0 Å². The molecular weight excluding hydrogens is 689 g/mol. The Bertz CT molecular complexity index is 2040. The summed E-state index contributed by atoms with van der Waals surface area (Å²) in [5, 5.41) is 2.94. The Balaban J connectivity index is 1.21. The number of aryl methyl sites for hydroxylation is 1. The second kappa shape index (κ2) is 13.9. The van der Waals surface area contributed by atoms with Crippen molar-refractivity contribution in [2.45, 2.75) is 74.8 Å². The first-order valence-corrected chi connectivity index (χ1v) is 19.2. The Kier molecular flexibility index (Phi) is 9.48. The van der Waals surface area contributed by atoms with Crippen molar-refractivity contribution in [3.05, 3.63) is 54.1 Å². The van der Waals surface area contributed by atoms with Gasteiger partial charge in [0.1, 0.15) is 29.2 Å². The molecule has 4 amide bonds. The van der Waals surface area contributed by atoms with Crippen LogP contribution >= 0.6 is 0 Å². The largest absolute Gasteiger partial charge is 0.497 e. The van der Waals surface area contributed by atoms with E-state index in [1.165, 1.54) is 4.90 Å². The molecule has 0 spiro atoms. The maximum absolute atomic E-state index is 14.2. The molecule has 4 aliphatic rings. The fourth-order valence-corrected chi connectivity index (χ4v) is 8.48. The number of hydrogen-bond donors (Lipinski definition) is 2. The summed E-state index contributed by atoms with van der Waals surface area (Å²) in [4.78, 5) is 54.5. The maximum atomic E-state index is 14.2. The van der Waals surface area contributed by atoms with E-state index < -0.39 is 44.8 Å². The van der Waals surface area contributed by atoms with Crippen LogP contribution in [0.2, 0.25) is 0 Å². The highest BCUT2D eigenvalue weighted by atomic mass is 32.2. The first-order valence-electron chi connectivity index (χ1n) is 17.7. The van der Waals surface area contributed by atoms with E-state index in [1.54, 1.807) is 26.2 Å². The number of benzene rings is 2. The number of nitrogens with zero attached hydrogens (tertiary/aromatic N) is 4. The Morgan fingerprint density at radius 2 is 1.81 bits per heavy atom. The zero-order chi connectivity index (χ0) is 36.8. The van der Waals surface area contributed by atoms with E-state index in [0.717, 1.165) is 30.4 Å². The molecule has 15 heteroatoms. The minimum Gasteiger partial charge on any atom is -0.497 e. The van der Waals surface area contributed by atoms with E-state index >= 15 is 0 Å². The lowest BCUT2D eigenvalue weighted by Gasteiger charge is -2.30. The van der Waals surface area contributed by atoms with Crippen LogP contribution in [-0.4, -0.2) is 103 Å². The number of aromatic nitrogens is 2. The summed E-state index contributed by atoms with van der Waals surface area (Å²) in [6.45, 7) is 2.49. The molecule has 276 valence electrons. The van der Waals surface area contributed by atoms with Crippen LogP contribution < -0.4 is 24.2 Å². The number of sulfonamides is 1. The Hall–Kier alpha value is -4.92. The van der Waals surface area contributed by atoms with Crippen molar-refractivity contribution >= 4 is 38.8 Å². The van der Waals surface area contributed by atoms with Crippen molar-refractivity contribution in [3.63, 3.8) is 0 Å². The van der Waals surface area contributed by atoms with Crippen LogP contribution in [0.15, 0.2) is 48.6 Å². The van der Waals surface area contributed by atoms with Gasteiger partial charge in [-0.15, -0.1) is 0 Å². The summed E-state index contributed by atoms with van der Waals surface area (Å²) >= 11 is 0. The molecule has 14 nitrogen and oxygen atoms in total. The third kappa shape index (κ3) is 6.85. The number of hydrogen-bond acceptors (Lipinski definition) is 10. The molecule has 3 aromatic rings. The monoisotopic (exact) mass is 732 g/mol. The van der Waals surface area contributed by atoms with Crippen LogP contribution in [-0.2, 0) is 19.6 Å². The molecule has 3 heterocycles. The Morgan fingerprint density at radius 1 is 1.04 bits per heavy atom. The van der Waals surface area contributed by atoms with Gasteiger partial charge in [0.05, 0.1) is 36.9 Å². The molecule has 2 N–H and O–H groups in total. The summed E-state index contributed by atoms with van der Waals surface area (Å²) < 4.78 is 45.3. The Morgan fingerprint density at radius 3 is 2.52 bits per heavy atom. The zero-order valence-electron chi connectivity index (χ0n) is 29.8. The molecule has 1 saturated heterocycles. The normalized spacial score (nSPS) is 25.1. The highest BCUT2D eigenvalue weighted by molar-refractivity contribution is 7.91. The molecule has 0 radical (unpaired) electrons. The van der Waals surface area contributed by atoms with Crippen molar-refractivity contribution < 1.29 is 37.0 Å². The van der Waals surface area contributed by atoms with Gasteiger partial charge in [0.15, 0.2) is 5.82 Å². The van der Waals surface area contributed by atoms with Gasteiger partial charge in [0, 0.05) is 37.1 Å². The van der Waals surface area contributed by atoms with E-state index in [4.69, 9.17) is 24.2 Å². The summed E-state index contributed by atoms with van der Waals surface area (Å²) in [5.41, 5.74) is 0.713. The third-order valence-electron chi connectivity index (χ3n) is 10.5. The van der Waals surface area contributed by atoms with Crippen LogP contribution in [0.25, 0.3) is 22.3 Å². The molecule has 2 saturated carbocycles. The molecule has 1 aromatic heterocycles. The van der Waals surface area contributed by atoms with Crippen LogP contribution in [0.4, 0.5) is 4.79 Å². The number of ether oxygens (including phenoxy) is 3. The second-order valence-electron chi connectivity index (χ2n) is 14.1. The quantitative estimate of drug-likeness (QED) is 0.326. The van der Waals surface area contributed by atoms with Crippen molar-refractivity contribution in [2.24, 2.45) is 5.92 Å². The summed E-state index contributed by atoms with van der Waals surface area (Å²) in [7, 11) is 1.04. The molecule has 0 bridgehead atoms.